The molecule has 2 saturated heterocycles. The normalized spacial score (nSPS) is 23.1. The van der Waals surface area contributed by atoms with Gasteiger partial charge in [-0.1, -0.05) is 13.0 Å². The Kier molecular flexibility index (Phi) is 5.51. The number of hydrogen-bond acceptors (Lipinski definition) is 4. The summed E-state index contributed by atoms with van der Waals surface area (Å²) in [7, 11) is 2.17. The molecule has 0 N–H and O–H groups in total. The summed E-state index contributed by atoms with van der Waals surface area (Å²) in [4.78, 5) is 20.6. The van der Waals surface area contributed by atoms with Crippen LogP contribution in [0.25, 0.3) is 0 Å². The van der Waals surface area contributed by atoms with Crippen LogP contribution in [0.2, 0.25) is 0 Å². The van der Waals surface area contributed by atoms with Gasteiger partial charge in [0.1, 0.15) is 0 Å². The number of rotatable bonds is 5. The molecule has 2 fully saturated rings. The van der Waals surface area contributed by atoms with Crippen molar-refractivity contribution >= 4 is 5.91 Å². The monoisotopic (exact) mass is 331 g/mol. The smallest absolute Gasteiger partial charge is 0.222 e. The molecular formula is C19H29N3O2. The van der Waals surface area contributed by atoms with E-state index in [4.69, 9.17) is 4.74 Å². The number of carbonyl (C=O) groups excluding carboxylic acids is 1. The van der Waals surface area contributed by atoms with Crippen molar-refractivity contribution in [2.75, 3.05) is 26.7 Å². The first-order valence-electron chi connectivity index (χ1n) is 9.13. The minimum atomic E-state index is -0.0170. The van der Waals surface area contributed by atoms with Crippen LogP contribution in [0.3, 0.4) is 0 Å². The molecule has 3 rings (SSSR count). The fourth-order valence-corrected chi connectivity index (χ4v) is 3.90. The zero-order valence-corrected chi connectivity index (χ0v) is 14.9. The number of aromatic nitrogens is 1. The van der Waals surface area contributed by atoms with Crippen LogP contribution in [0.5, 0.6) is 0 Å². The zero-order chi connectivity index (χ0) is 17.0. The van der Waals surface area contributed by atoms with Crippen molar-refractivity contribution < 1.29 is 9.53 Å². The molecular weight excluding hydrogens is 302 g/mol. The van der Waals surface area contributed by atoms with Crippen LogP contribution < -0.4 is 0 Å². The average molecular weight is 331 g/mol. The van der Waals surface area contributed by atoms with E-state index in [-0.39, 0.29) is 5.60 Å². The Hall–Kier alpha value is -1.46. The molecule has 3 heterocycles. The van der Waals surface area contributed by atoms with E-state index in [0.29, 0.717) is 18.4 Å². The Bertz CT molecular complexity index is 541. The lowest BCUT2D eigenvalue weighted by Gasteiger charge is -2.39. The predicted molar refractivity (Wildman–Crippen MR) is 93.5 cm³/mol. The summed E-state index contributed by atoms with van der Waals surface area (Å²) in [6.45, 7) is 5.45. The molecule has 0 aromatic carbocycles. The van der Waals surface area contributed by atoms with Gasteiger partial charge in [-0.3, -0.25) is 14.7 Å². The van der Waals surface area contributed by atoms with Crippen LogP contribution in [0, 0.1) is 0 Å². The molecule has 24 heavy (non-hydrogen) atoms. The number of nitrogens with zero attached hydrogens (tertiary/aromatic N) is 3. The molecule has 2 aliphatic heterocycles. The van der Waals surface area contributed by atoms with Crippen molar-refractivity contribution in [2.24, 2.45) is 0 Å². The van der Waals surface area contributed by atoms with Crippen molar-refractivity contribution in [2.45, 2.75) is 57.2 Å². The van der Waals surface area contributed by atoms with Crippen LogP contribution in [0.15, 0.2) is 24.5 Å². The maximum atomic E-state index is 12.0. The van der Waals surface area contributed by atoms with Gasteiger partial charge in [-0.05, 0) is 44.4 Å². The van der Waals surface area contributed by atoms with E-state index in [1.54, 1.807) is 0 Å². The molecule has 1 aromatic rings. The van der Waals surface area contributed by atoms with Crippen molar-refractivity contribution in [1.82, 2.24) is 14.8 Å². The van der Waals surface area contributed by atoms with Crippen molar-refractivity contribution in [3.8, 4) is 0 Å². The third kappa shape index (κ3) is 3.95. The lowest BCUT2D eigenvalue weighted by Crippen LogP contribution is -2.46. The van der Waals surface area contributed by atoms with Gasteiger partial charge >= 0.3 is 0 Å². The van der Waals surface area contributed by atoms with E-state index in [2.05, 4.69) is 29.9 Å². The highest BCUT2D eigenvalue weighted by Gasteiger charge is 2.44. The average Bonchev–Trinajstić information content (AvgIpc) is 3.00. The van der Waals surface area contributed by atoms with Gasteiger partial charge in [-0.2, -0.15) is 0 Å². The van der Waals surface area contributed by atoms with E-state index >= 15 is 0 Å². The first-order chi connectivity index (χ1) is 11.6. The molecule has 0 radical (unpaired) electrons. The minimum Gasteiger partial charge on any atom is -0.373 e. The van der Waals surface area contributed by atoms with Crippen molar-refractivity contribution in [1.29, 1.82) is 0 Å². The van der Waals surface area contributed by atoms with Crippen LogP contribution >= 0.6 is 0 Å². The first-order valence-corrected chi connectivity index (χ1v) is 9.13. The van der Waals surface area contributed by atoms with Gasteiger partial charge in [0.2, 0.25) is 5.91 Å². The SMILES string of the molecule is CCCC(=O)N1CCC2(CC1)CC(N(C)Cc1cccnc1)CO2. The number of pyridine rings is 1. The summed E-state index contributed by atoms with van der Waals surface area (Å²) in [5.74, 6) is 0.301. The van der Waals surface area contributed by atoms with Gasteiger partial charge in [-0.25, -0.2) is 0 Å². The van der Waals surface area contributed by atoms with Crippen LogP contribution in [0.4, 0.5) is 0 Å². The van der Waals surface area contributed by atoms with Gasteiger partial charge in [0.05, 0.1) is 12.2 Å². The van der Waals surface area contributed by atoms with E-state index < -0.39 is 0 Å². The van der Waals surface area contributed by atoms with E-state index in [1.807, 2.05) is 23.4 Å². The van der Waals surface area contributed by atoms with E-state index in [0.717, 1.165) is 51.9 Å². The summed E-state index contributed by atoms with van der Waals surface area (Å²) in [5.41, 5.74) is 1.22. The van der Waals surface area contributed by atoms with Gasteiger partial charge in [0.25, 0.3) is 0 Å². The number of ether oxygens (including phenoxy) is 1. The quantitative estimate of drug-likeness (QED) is 0.831. The van der Waals surface area contributed by atoms with Gasteiger partial charge in [-0.15, -0.1) is 0 Å². The van der Waals surface area contributed by atoms with E-state index in [9.17, 15) is 4.79 Å². The summed E-state index contributed by atoms with van der Waals surface area (Å²) in [6.07, 6.45) is 8.35. The molecule has 1 unspecified atom stereocenters. The van der Waals surface area contributed by atoms with Gasteiger partial charge in [0.15, 0.2) is 0 Å². The summed E-state index contributed by atoms with van der Waals surface area (Å²) < 4.78 is 6.25. The lowest BCUT2D eigenvalue weighted by atomic mass is 9.87. The molecule has 1 spiro atoms. The maximum Gasteiger partial charge on any atom is 0.222 e. The highest BCUT2D eigenvalue weighted by molar-refractivity contribution is 5.76. The topological polar surface area (TPSA) is 45.7 Å². The van der Waals surface area contributed by atoms with Crippen LogP contribution in [0.1, 0.15) is 44.6 Å². The second kappa shape index (κ2) is 7.62. The highest BCUT2D eigenvalue weighted by Crippen LogP contribution is 2.37. The fourth-order valence-electron chi connectivity index (χ4n) is 3.90. The van der Waals surface area contributed by atoms with Crippen LogP contribution in [-0.4, -0.2) is 59.1 Å². The Morgan fingerprint density at radius 1 is 1.46 bits per heavy atom. The number of amides is 1. The molecule has 0 saturated carbocycles. The number of carbonyl (C=O) groups is 1. The highest BCUT2D eigenvalue weighted by atomic mass is 16.5. The third-order valence-corrected chi connectivity index (χ3v) is 5.46. The maximum absolute atomic E-state index is 12.0. The summed E-state index contributed by atoms with van der Waals surface area (Å²) >= 11 is 0. The predicted octanol–water partition coefficient (Wildman–Crippen LogP) is 2.46. The van der Waals surface area contributed by atoms with Gasteiger partial charge in [0, 0.05) is 44.5 Å². The second-order valence-electron chi connectivity index (χ2n) is 7.26. The molecule has 1 aromatic heterocycles. The summed E-state index contributed by atoms with van der Waals surface area (Å²) in [6, 6.07) is 4.55. The molecule has 0 bridgehead atoms. The summed E-state index contributed by atoms with van der Waals surface area (Å²) in [5, 5.41) is 0. The Morgan fingerprint density at radius 3 is 2.92 bits per heavy atom. The van der Waals surface area contributed by atoms with Crippen molar-refractivity contribution in [3.05, 3.63) is 30.1 Å². The number of likely N-dealkylation sites (N-methyl/N-ethyl adjacent to an activating group) is 1. The van der Waals surface area contributed by atoms with Crippen molar-refractivity contribution in [3.63, 3.8) is 0 Å². The molecule has 5 heteroatoms. The number of hydrogen-bond donors (Lipinski definition) is 0. The second-order valence-corrected chi connectivity index (χ2v) is 7.26. The minimum absolute atomic E-state index is 0.0170. The number of piperidine rings is 1. The van der Waals surface area contributed by atoms with Crippen LogP contribution in [-0.2, 0) is 16.1 Å². The molecule has 1 amide bonds. The Balaban J connectivity index is 1.51. The zero-order valence-electron chi connectivity index (χ0n) is 14.9. The lowest BCUT2D eigenvalue weighted by molar-refractivity contribution is -0.136. The fraction of sp³-hybridized carbons (Fsp3) is 0.684. The standard InChI is InChI=1S/C19H29N3O2/c1-3-5-18(23)22-10-7-19(8-11-22)12-17(15-24-19)21(2)14-16-6-4-9-20-13-16/h4,6,9,13,17H,3,5,7-8,10-12,14-15H2,1-2H3. The molecule has 132 valence electrons. The molecule has 5 nitrogen and oxygen atoms in total. The molecule has 2 aliphatic rings. The van der Waals surface area contributed by atoms with E-state index in [1.165, 1.54) is 5.56 Å². The Labute approximate surface area is 145 Å². The molecule has 1 atom stereocenters. The Morgan fingerprint density at radius 2 is 2.25 bits per heavy atom. The third-order valence-electron chi connectivity index (χ3n) is 5.46. The largest absolute Gasteiger partial charge is 0.373 e. The van der Waals surface area contributed by atoms with Gasteiger partial charge < -0.3 is 9.64 Å². The number of likely N-dealkylation sites (tertiary alicyclic amines) is 1. The first kappa shape index (κ1) is 17.4. The molecule has 0 aliphatic carbocycles.